The number of aromatic carboxylic acids is 1. The van der Waals surface area contributed by atoms with E-state index in [-0.39, 0.29) is 11.4 Å². The number of aryl methyl sites for hydroxylation is 1. The molecule has 0 spiro atoms. The summed E-state index contributed by atoms with van der Waals surface area (Å²) in [5, 5.41) is 20.3. The van der Waals surface area contributed by atoms with Gasteiger partial charge >= 0.3 is 11.8 Å². The van der Waals surface area contributed by atoms with Gasteiger partial charge in [0.2, 0.25) is 0 Å². The predicted octanol–water partition coefficient (Wildman–Crippen LogP) is 1.99. The third-order valence-electron chi connectivity index (χ3n) is 2.78. The quantitative estimate of drug-likeness (QED) is 0.493. The van der Waals surface area contributed by atoms with E-state index in [2.05, 4.69) is 9.97 Å². The summed E-state index contributed by atoms with van der Waals surface area (Å²) < 4.78 is 1.48. The summed E-state index contributed by atoms with van der Waals surface area (Å²) in [4.78, 5) is 29.4. The minimum Gasteiger partial charge on any atom is -0.478 e. The lowest BCUT2D eigenvalue weighted by molar-refractivity contribution is -0.392. The second-order valence-electron chi connectivity index (χ2n) is 4.08. The Morgan fingerprint density at radius 3 is 2.95 bits per heavy atom. The maximum Gasteiger partial charge on any atom is 0.342 e. The number of carbonyl (C=O) groups is 1. The molecular formula is C12H12N4O4S. The average molecular weight is 308 g/mol. The van der Waals surface area contributed by atoms with Crippen LogP contribution in [0.3, 0.4) is 0 Å². The molecule has 8 nitrogen and oxygen atoms in total. The molecule has 0 radical (unpaired) electrons. The van der Waals surface area contributed by atoms with E-state index in [9.17, 15) is 14.9 Å². The number of nitrogens with zero attached hydrogens (tertiary/aromatic N) is 4. The normalized spacial score (nSPS) is 10.5. The smallest absolute Gasteiger partial charge is 0.342 e. The molecule has 110 valence electrons. The fourth-order valence-electron chi connectivity index (χ4n) is 1.78. The molecule has 2 aromatic rings. The number of rotatable bonds is 6. The zero-order valence-electron chi connectivity index (χ0n) is 11.1. The van der Waals surface area contributed by atoms with E-state index in [1.54, 1.807) is 13.0 Å². The van der Waals surface area contributed by atoms with Gasteiger partial charge in [-0.15, -0.1) is 11.8 Å². The zero-order valence-corrected chi connectivity index (χ0v) is 11.9. The molecule has 0 fully saturated rings. The van der Waals surface area contributed by atoms with Gasteiger partial charge in [-0.05, 0) is 17.1 Å². The van der Waals surface area contributed by atoms with Crippen molar-refractivity contribution in [2.24, 2.45) is 0 Å². The molecule has 2 rings (SSSR count). The fraction of sp³-hybridized carbons (Fsp3) is 0.250. The molecule has 0 unspecified atom stereocenters. The van der Waals surface area contributed by atoms with Crippen LogP contribution in [-0.2, 0) is 6.54 Å². The largest absolute Gasteiger partial charge is 0.478 e. The van der Waals surface area contributed by atoms with E-state index in [0.29, 0.717) is 23.1 Å². The minimum absolute atomic E-state index is 0.0763. The Morgan fingerprint density at radius 1 is 1.52 bits per heavy atom. The number of pyridine rings is 1. The van der Waals surface area contributed by atoms with Crippen molar-refractivity contribution in [1.82, 2.24) is 14.5 Å². The van der Waals surface area contributed by atoms with Crippen molar-refractivity contribution in [1.29, 1.82) is 0 Å². The van der Waals surface area contributed by atoms with E-state index in [1.165, 1.54) is 34.8 Å². The summed E-state index contributed by atoms with van der Waals surface area (Å²) in [5.74, 6) is -0.125. The van der Waals surface area contributed by atoms with Crippen molar-refractivity contribution in [3.63, 3.8) is 0 Å². The monoisotopic (exact) mass is 308 g/mol. The molecule has 0 saturated carbocycles. The highest BCUT2D eigenvalue weighted by Crippen LogP contribution is 2.22. The molecular weight excluding hydrogens is 296 g/mol. The molecule has 0 aliphatic heterocycles. The SMILES string of the molecule is Cc1ncc([N+](=O)[O-])n1CCSc1ncccc1C(=O)O. The summed E-state index contributed by atoms with van der Waals surface area (Å²) in [6.45, 7) is 2.03. The fourth-order valence-corrected chi connectivity index (χ4v) is 2.69. The van der Waals surface area contributed by atoms with E-state index < -0.39 is 10.9 Å². The van der Waals surface area contributed by atoms with Gasteiger partial charge in [0.25, 0.3) is 0 Å². The van der Waals surface area contributed by atoms with Crippen molar-refractivity contribution < 1.29 is 14.8 Å². The molecule has 2 aromatic heterocycles. The average Bonchev–Trinajstić information content (AvgIpc) is 2.81. The summed E-state index contributed by atoms with van der Waals surface area (Å²) in [5.41, 5.74) is 0.124. The summed E-state index contributed by atoms with van der Waals surface area (Å²) >= 11 is 1.24. The molecule has 9 heteroatoms. The Morgan fingerprint density at radius 2 is 2.29 bits per heavy atom. The third kappa shape index (κ3) is 3.37. The number of nitro groups is 1. The Bertz CT molecular complexity index is 686. The molecule has 0 aliphatic rings. The second kappa shape index (κ2) is 6.35. The maximum atomic E-state index is 11.1. The van der Waals surface area contributed by atoms with Crippen molar-refractivity contribution in [3.8, 4) is 0 Å². The first-order chi connectivity index (χ1) is 10.0. The topological polar surface area (TPSA) is 111 Å². The van der Waals surface area contributed by atoms with Gasteiger partial charge in [0.05, 0.1) is 5.56 Å². The standard InChI is InChI=1S/C12H12N4O4S/c1-8-14-7-10(16(19)20)15(8)5-6-21-11-9(12(17)18)3-2-4-13-11/h2-4,7H,5-6H2,1H3,(H,17,18). The van der Waals surface area contributed by atoms with Crippen LogP contribution >= 0.6 is 11.8 Å². The van der Waals surface area contributed by atoms with Gasteiger partial charge in [-0.1, -0.05) is 0 Å². The second-order valence-corrected chi connectivity index (χ2v) is 5.17. The van der Waals surface area contributed by atoms with Crippen molar-refractivity contribution in [3.05, 3.63) is 46.0 Å². The molecule has 0 aromatic carbocycles. The number of thioether (sulfide) groups is 1. The van der Waals surface area contributed by atoms with E-state index in [1.807, 2.05) is 0 Å². The number of hydrogen-bond acceptors (Lipinski definition) is 6. The van der Waals surface area contributed by atoms with Gasteiger partial charge in [0.15, 0.2) is 5.82 Å². The molecule has 0 saturated heterocycles. The number of carboxylic acid groups (broad SMARTS) is 1. The lowest BCUT2D eigenvalue weighted by atomic mass is 10.3. The highest BCUT2D eigenvalue weighted by molar-refractivity contribution is 7.99. The molecule has 21 heavy (non-hydrogen) atoms. The van der Waals surface area contributed by atoms with Crippen molar-refractivity contribution in [2.45, 2.75) is 18.5 Å². The van der Waals surface area contributed by atoms with Crippen LogP contribution in [0.4, 0.5) is 5.82 Å². The van der Waals surface area contributed by atoms with Crippen LogP contribution in [0.1, 0.15) is 16.2 Å². The summed E-state index contributed by atoms with van der Waals surface area (Å²) in [7, 11) is 0. The lowest BCUT2D eigenvalue weighted by Gasteiger charge is -2.05. The molecule has 2 heterocycles. The first-order valence-corrected chi connectivity index (χ1v) is 6.97. The zero-order chi connectivity index (χ0) is 15.4. The van der Waals surface area contributed by atoms with Crippen LogP contribution in [0.5, 0.6) is 0 Å². The summed E-state index contributed by atoms with van der Waals surface area (Å²) in [6, 6.07) is 3.03. The first-order valence-electron chi connectivity index (χ1n) is 5.98. The Labute approximate surface area is 124 Å². The number of hydrogen-bond donors (Lipinski definition) is 1. The Hall–Kier alpha value is -2.42. The number of imidazole rings is 1. The van der Waals surface area contributed by atoms with E-state index >= 15 is 0 Å². The van der Waals surface area contributed by atoms with Gasteiger partial charge in [-0.25, -0.2) is 19.3 Å². The molecule has 0 atom stereocenters. The third-order valence-corrected chi connectivity index (χ3v) is 3.76. The van der Waals surface area contributed by atoms with Gasteiger partial charge in [-0.3, -0.25) is 0 Å². The van der Waals surface area contributed by atoms with Gasteiger partial charge < -0.3 is 15.2 Å². The van der Waals surface area contributed by atoms with E-state index in [4.69, 9.17) is 5.11 Å². The lowest BCUT2D eigenvalue weighted by Crippen LogP contribution is -2.07. The van der Waals surface area contributed by atoms with Crippen LogP contribution in [0.15, 0.2) is 29.6 Å². The minimum atomic E-state index is -1.05. The highest BCUT2D eigenvalue weighted by Gasteiger charge is 2.17. The van der Waals surface area contributed by atoms with Crippen LogP contribution in [0.25, 0.3) is 0 Å². The van der Waals surface area contributed by atoms with E-state index in [0.717, 1.165) is 0 Å². The van der Waals surface area contributed by atoms with Crippen LogP contribution in [0.2, 0.25) is 0 Å². The van der Waals surface area contributed by atoms with Gasteiger partial charge in [0.1, 0.15) is 17.8 Å². The Kier molecular flexibility index (Phi) is 4.53. The molecule has 0 aliphatic carbocycles. The van der Waals surface area contributed by atoms with Crippen molar-refractivity contribution in [2.75, 3.05) is 5.75 Å². The van der Waals surface area contributed by atoms with Gasteiger partial charge in [-0.2, -0.15) is 0 Å². The highest BCUT2D eigenvalue weighted by atomic mass is 32.2. The molecule has 0 bridgehead atoms. The van der Waals surface area contributed by atoms with Crippen LogP contribution in [0, 0.1) is 17.0 Å². The van der Waals surface area contributed by atoms with Crippen molar-refractivity contribution >= 4 is 23.5 Å². The Balaban J connectivity index is 2.07. The molecule has 1 N–H and O–H groups in total. The first kappa shape index (κ1) is 15.0. The van der Waals surface area contributed by atoms with Crippen LogP contribution < -0.4 is 0 Å². The molecule has 0 amide bonds. The summed E-state index contributed by atoms with van der Waals surface area (Å²) in [6.07, 6.45) is 2.73. The number of carboxylic acids is 1. The van der Waals surface area contributed by atoms with Gasteiger partial charge in [0, 0.05) is 18.9 Å². The van der Waals surface area contributed by atoms with Crippen LogP contribution in [-0.4, -0.2) is 36.3 Å². The maximum absolute atomic E-state index is 11.1. The number of aromatic nitrogens is 3. The predicted molar refractivity (Wildman–Crippen MR) is 75.5 cm³/mol.